The van der Waals surface area contributed by atoms with Crippen molar-refractivity contribution in [3.63, 3.8) is 0 Å². The summed E-state index contributed by atoms with van der Waals surface area (Å²) in [5, 5.41) is 0. The number of hydrogen-bond acceptors (Lipinski definition) is 5. The number of hydrogen-bond donors (Lipinski definition) is 1. The van der Waals surface area contributed by atoms with Crippen LogP contribution in [0.5, 0.6) is 0 Å². The van der Waals surface area contributed by atoms with Crippen LogP contribution in [0.25, 0.3) is 0 Å². The average Bonchev–Trinajstić information content (AvgIpc) is 2.10. The summed E-state index contributed by atoms with van der Waals surface area (Å²) >= 11 is 0. The van der Waals surface area contributed by atoms with Crippen molar-refractivity contribution in [1.82, 2.24) is 0 Å². The van der Waals surface area contributed by atoms with Gasteiger partial charge in [0, 0.05) is 13.1 Å². The zero-order valence-electron chi connectivity index (χ0n) is 11.6. The molecule has 0 aromatic rings. The Balaban J connectivity index is 5.06. The van der Waals surface area contributed by atoms with Crippen molar-refractivity contribution in [3.05, 3.63) is 0 Å². The van der Waals surface area contributed by atoms with E-state index in [9.17, 15) is 14.2 Å². The molecule has 0 radical (unpaired) electrons. The van der Waals surface area contributed by atoms with Gasteiger partial charge in [-0.25, -0.2) is 0 Å². The van der Waals surface area contributed by atoms with Crippen molar-refractivity contribution in [1.29, 1.82) is 0 Å². The molecule has 0 fully saturated rings. The van der Waals surface area contributed by atoms with Crippen LogP contribution in [0, 0.1) is 0 Å². The minimum atomic E-state index is -3.27. The topological polar surface area (TPSA) is 95.7 Å². The summed E-state index contributed by atoms with van der Waals surface area (Å²) in [5.41, 5.74) is 3.20. The highest BCUT2D eigenvalue weighted by Crippen LogP contribution is 2.50. The van der Waals surface area contributed by atoms with Crippen LogP contribution in [0.2, 0.25) is 0 Å². The average molecular weight is 279 g/mol. The Bertz CT molecular complexity index is 361. The van der Waals surface area contributed by atoms with E-state index in [1.54, 1.807) is 27.7 Å². The van der Waals surface area contributed by atoms with Gasteiger partial charge >= 0.3 is 5.97 Å². The van der Waals surface area contributed by atoms with E-state index in [1.807, 2.05) is 0 Å². The summed E-state index contributed by atoms with van der Waals surface area (Å²) in [6.45, 7) is 8.22. The number of amides is 1. The third kappa shape index (κ3) is 6.17. The van der Waals surface area contributed by atoms with E-state index in [0.717, 1.165) is 0 Å². The van der Waals surface area contributed by atoms with Crippen LogP contribution >= 0.6 is 7.37 Å². The molecule has 0 bridgehead atoms. The zero-order valence-corrected chi connectivity index (χ0v) is 12.5. The molecule has 0 saturated carbocycles. The highest BCUT2D eigenvalue weighted by molar-refractivity contribution is 7.60. The van der Waals surface area contributed by atoms with Gasteiger partial charge in [-0.15, -0.1) is 0 Å². The first-order chi connectivity index (χ1) is 7.99. The summed E-state index contributed by atoms with van der Waals surface area (Å²) in [5.74, 6) is -1.44. The molecular weight excluding hydrogens is 257 g/mol. The predicted octanol–water partition coefficient (Wildman–Crippen LogP) is 1.52. The second-order valence-corrected chi connectivity index (χ2v) is 7.75. The lowest BCUT2D eigenvalue weighted by molar-refractivity contribution is -0.155. The molecule has 0 aliphatic carbocycles. The first-order valence-corrected chi connectivity index (χ1v) is 7.86. The Labute approximate surface area is 108 Å². The van der Waals surface area contributed by atoms with Crippen LogP contribution in [0.3, 0.4) is 0 Å². The lowest BCUT2D eigenvalue weighted by Gasteiger charge is -2.26. The first kappa shape index (κ1) is 17.1. The predicted molar refractivity (Wildman–Crippen MR) is 68.6 cm³/mol. The molecule has 1 amide bonds. The highest BCUT2D eigenvalue weighted by Gasteiger charge is 2.39. The SMILES string of the molecule is CCOP(C)(=O)C(CC(N)=O)C(=O)OC(C)(C)C. The van der Waals surface area contributed by atoms with Crippen LogP contribution in [-0.2, 0) is 23.4 Å². The Hall–Kier alpha value is -0.870. The van der Waals surface area contributed by atoms with Crippen LogP contribution in [0.1, 0.15) is 34.1 Å². The van der Waals surface area contributed by atoms with Crippen LogP contribution in [0.15, 0.2) is 0 Å². The lowest BCUT2D eigenvalue weighted by Crippen LogP contribution is -2.35. The Kier molecular flexibility index (Phi) is 6.04. The number of rotatable bonds is 6. The second kappa shape index (κ2) is 6.34. The molecule has 18 heavy (non-hydrogen) atoms. The highest BCUT2D eigenvalue weighted by atomic mass is 31.2. The van der Waals surface area contributed by atoms with Crippen molar-refractivity contribution >= 4 is 19.2 Å². The number of carbonyl (C=O) groups excluding carboxylic acids is 2. The molecule has 0 heterocycles. The van der Waals surface area contributed by atoms with Gasteiger partial charge in [-0.1, -0.05) is 0 Å². The van der Waals surface area contributed by atoms with E-state index in [0.29, 0.717) is 0 Å². The molecule has 0 rings (SSSR count). The molecule has 106 valence electrons. The van der Waals surface area contributed by atoms with Crippen molar-refractivity contribution in [3.8, 4) is 0 Å². The van der Waals surface area contributed by atoms with Crippen LogP contribution in [0.4, 0.5) is 0 Å². The van der Waals surface area contributed by atoms with Gasteiger partial charge in [0.15, 0.2) is 0 Å². The molecular formula is C11H22NO5P. The summed E-state index contributed by atoms with van der Waals surface area (Å²) in [6, 6.07) is 0. The minimum Gasteiger partial charge on any atom is -0.459 e. The molecule has 2 unspecified atom stereocenters. The molecule has 0 aliphatic rings. The molecule has 0 aliphatic heterocycles. The normalized spacial score (nSPS) is 16.7. The Morgan fingerprint density at radius 3 is 2.17 bits per heavy atom. The number of primary amides is 1. The molecule has 2 atom stereocenters. The summed E-state index contributed by atoms with van der Waals surface area (Å²) in [7, 11) is -3.27. The van der Waals surface area contributed by atoms with E-state index in [-0.39, 0.29) is 13.0 Å². The quantitative estimate of drug-likeness (QED) is 0.587. The van der Waals surface area contributed by atoms with Crippen molar-refractivity contribution < 1.29 is 23.4 Å². The van der Waals surface area contributed by atoms with Gasteiger partial charge in [0.2, 0.25) is 13.3 Å². The molecule has 0 saturated heterocycles. The van der Waals surface area contributed by atoms with Gasteiger partial charge in [-0.3, -0.25) is 14.2 Å². The van der Waals surface area contributed by atoms with E-state index in [2.05, 4.69) is 0 Å². The van der Waals surface area contributed by atoms with Crippen LogP contribution < -0.4 is 5.73 Å². The number of carbonyl (C=O) groups is 2. The van der Waals surface area contributed by atoms with Gasteiger partial charge in [-0.2, -0.15) is 0 Å². The summed E-state index contributed by atoms with van der Waals surface area (Å²) in [6.07, 6.45) is -0.345. The van der Waals surface area contributed by atoms with Gasteiger partial charge in [0.05, 0.1) is 6.61 Å². The fourth-order valence-electron chi connectivity index (χ4n) is 1.35. The molecule has 7 heteroatoms. The smallest absolute Gasteiger partial charge is 0.319 e. The van der Waals surface area contributed by atoms with Gasteiger partial charge in [0.1, 0.15) is 11.3 Å². The van der Waals surface area contributed by atoms with E-state index >= 15 is 0 Å². The Morgan fingerprint density at radius 2 is 1.83 bits per heavy atom. The number of ether oxygens (including phenoxy) is 1. The number of esters is 1. The van der Waals surface area contributed by atoms with E-state index in [4.69, 9.17) is 15.0 Å². The maximum atomic E-state index is 12.2. The Morgan fingerprint density at radius 1 is 1.33 bits per heavy atom. The standard InChI is InChI=1S/C11H22NO5P/c1-6-16-18(5,15)8(7-9(12)13)10(14)17-11(2,3)4/h8H,6-7H2,1-5H3,(H2,12,13). The minimum absolute atomic E-state index is 0.186. The third-order valence-electron chi connectivity index (χ3n) is 2.02. The zero-order chi connectivity index (χ0) is 14.6. The van der Waals surface area contributed by atoms with Crippen molar-refractivity contribution in [2.45, 2.75) is 45.4 Å². The lowest BCUT2D eigenvalue weighted by atomic mass is 10.2. The maximum absolute atomic E-state index is 12.2. The van der Waals surface area contributed by atoms with Gasteiger partial charge in [0.25, 0.3) is 0 Å². The molecule has 0 aromatic carbocycles. The molecule has 6 nitrogen and oxygen atoms in total. The fourth-order valence-corrected chi connectivity index (χ4v) is 2.99. The van der Waals surface area contributed by atoms with Crippen LogP contribution in [-0.4, -0.2) is 36.4 Å². The molecule has 0 aromatic heterocycles. The largest absolute Gasteiger partial charge is 0.459 e. The van der Waals surface area contributed by atoms with E-state index in [1.165, 1.54) is 6.66 Å². The van der Waals surface area contributed by atoms with Crippen molar-refractivity contribution in [2.75, 3.05) is 13.3 Å². The first-order valence-electron chi connectivity index (χ1n) is 5.72. The second-order valence-electron chi connectivity index (χ2n) is 5.05. The maximum Gasteiger partial charge on any atom is 0.319 e. The number of nitrogens with two attached hydrogens (primary N) is 1. The van der Waals surface area contributed by atoms with Crippen molar-refractivity contribution in [2.24, 2.45) is 5.73 Å². The summed E-state index contributed by atoms with van der Waals surface area (Å²) < 4.78 is 22.5. The van der Waals surface area contributed by atoms with Gasteiger partial charge < -0.3 is 15.0 Å². The fraction of sp³-hybridized carbons (Fsp3) is 0.818. The van der Waals surface area contributed by atoms with Gasteiger partial charge in [-0.05, 0) is 27.7 Å². The summed E-state index contributed by atoms with van der Waals surface area (Å²) in [4.78, 5) is 22.9. The monoisotopic (exact) mass is 279 g/mol. The molecule has 0 spiro atoms. The van der Waals surface area contributed by atoms with E-state index < -0.39 is 30.5 Å². The molecule has 2 N–H and O–H groups in total. The third-order valence-corrected chi connectivity index (χ3v) is 4.32.